The molecule has 3 N–H and O–H groups in total. The van der Waals surface area contributed by atoms with Gasteiger partial charge in [-0.2, -0.15) is 0 Å². The van der Waals surface area contributed by atoms with Crippen molar-refractivity contribution in [3.63, 3.8) is 0 Å². The van der Waals surface area contributed by atoms with Gasteiger partial charge in [0.2, 0.25) is 5.91 Å². The van der Waals surface area contributed by atoms with Gasteiger partial charge in [0.1, 0.15) is 6.04 Å². The lowest BCUT2D eigenvalue weighted by Gasteiger charge is -2.14. The second kappa shape index (κ2) is 7.04. The summed E-state index contributed by atoms with van der Waals surface area (Å²) in [7, 11) is 0. The number of nitrogens with one attached hydrogen (secondary N) is 1. The summed E-state index contributed by atoms with van der Waals surface area (Å²) in [6.07, 6.45) is 0.825. The highest BCUT2D eigenvalue weighted by molar-refractivity contribution is 5.82. The molecule has 1 unspecified atom stereocenters. The second-order valence-corrected chi connectivity index (χ2v) is 5.30. The number of nitrogens with two attached hydrogens (primary N) is 1. The summed E-state index contributed by atoms with van der Waals surface area (Å²) in [4.78, 5) is 12.1. The summed E-state index contributed by atoms with van der Waals surface area (Å²) >= 11 is 0. The molecule has 0 aliphatic carbocycles. The van der Waals surface area contributed by atoms with E-state index in [1.165, 1.54) is 16.7 Å². The Morgan fingerprint density at radius 2 is 1.67 bits per heavy atom. The fourth-order valence-electron chi connectivity index (χ4n) is 2.48. The Morgan fingerprint density at radius 1 is 1.05 bits per heavy atom. The molecule has 0 aliphatic heterocycles. The highest BCUT2D eigenvalue weighted by Crippen LogP contribution is 2.14. The van der Waals surface area contributed by atoms with Gasteiger partial charge < -0.3 is 11.1 Å². The van der Waals surface area contributed by atoms with Crippen molar-refractivity contribution in [3.8, 4) is 0 Å². The lowest BCUT2D eigenvalue weighted by atomic mass is 10.00. The maximum absolute atomic E-state index is 12.1. The molecule has 0 saturated heterocycles. The average Bonchev–Trinajstić information content (AvgIpc) is 2.50. The Bertz CT molecular complexity index is 588. The van der Waals surface area contributed by atoms with Crippen LogP contribution in [0.5, 0.6) is 0 Å². The minimum Gasteiger partial charge on any atom is -0.354 e. The molecule has 0 spiro atoms. The van der Waals surface area contributed by atoms with Crippen LogP contribution in [-0.2, 0) is 11.2 Å². The largest absolute Gasteiger partial charge is 0.354 e. The second-order valence-electron chi connectivity index (χ2n) is 5.30. The van der Waals surface area contributed by atoms with Gasteiger partial charge in [-0.25, -0.2) is 0 Å². The van der Waals surface area contributed by atoms with Gasteiger partial charge in [0.05, 0.1) is 0 Å². The number of benzene rings is 2. The fourth-order valence-corrected chi connectivity index (χ4v) is 2.48. The zero-order valence-corrected chi connectivity index (χ0v) is 12.6. The molecule has 0 radical (unpaired) electrons. The molecular weight excluding hydrogens is 260 g/mol. The average molecular weight is 282 g/mol. The van der Waals surface area contributed by atoms with E-state index in [1.807, 2.05) is 30.3 Å². The van der Waals surface area contributed by atoms with E-state index in [1.54, 1.807) is 0 Å². The van der Waals surface area contributed by atoms with E-state index in [0.717, 1.165) is 12.0 Å². The maximum Gasteiger partial charge on any atom is 0.241 e. The van der Waals surface area contributed by atoms with Crippen LogP contribution >= 0.6 is 0 Å². The fraction of sp³-hybridized carbons (Fsp3) is 0.278. The van der Waals surface area contributed by atoms with Gasteiger partial charge in [-0.1, -0.05) is 48.5 Å². The van der Waals surface area contributed by atoms with E-state index >= 15 is 0 Å². The topological polar surface area (TPSA) is 55.1 Å². The number of aryl methyl sites for hydroxylation is 2. The first kappa shape index (κ1) is 15.3. The van der Waals surface area contributed by atoms with Crippen LogP contribution in [0.15, 0.2) is 48.5 Å². The van der Waals surface area contributed by atoms with E-state index in [4.69, 9.17) is 5.73 Å². The van der Waals surface area contributed by atoms with Crippen LogP contribution in [0.4, 0.5) is 0 Å². The Kier molecular flexibility index (Phi) is 5.12. The highest BCUT2D eigenvalue weighted by Gasteiger charge is 2.14. The highest BCUT2D eigenvalue weighted by atomic mass is 16.2. The van der Waals surface area contributed by atoms with Crippen molar-refractivity contribution in [3.05, 3.63) is 70.8 Å². The Morgan fingerprint density at radius 3 is 2.29 bits per heavy atom. The van der Waals surface area contributed by atoms with Crippen molar-refractivity contribution in [2.45, 2.75) is 26.3 Å². The van der Waals surface area contributed by atoms with Gasteiger partial charge >= 0.3 is 0 Å². The molecule has 2 aromatic carbocycles. The molecule has 1 amide bonds. The monoisotopic (exact) mass is 282 g/mol. The van der Waals surface area contributed by atoms with Gasteiger partial charge in [-0.15, -0.1) is 0 Å². The van der Waals surface area contributed by atoms with Crippen LogP contribution < -0.4 is 11.1 Å². The zero-order valence-electron chi connectivity index (χ0n) is 12.6. The number of rotatable bonds is 5. The molecule has 1 atom stereocenters. The third-order valence-corrected chi connectivity index (χ3v) is 3.76. The van der Waals surface area contributed by atoms with Crippen LogP contribution in [0.2, 0.25) is 0 Å². The molecule has 0 bridgehead atoms. The molecule has 21 heavy (non-hydrogen) atoms. The van der Waals surface area contributed by atoms with E-state index < -0.39 is 6.04 Å². The van der Waals surface area contributed by atoms with Crippen molar-refractivity contribution < 1.29 is 4.79 Å². The minimum atomic E-state index is -0.607. The predicted octanol–water partition coefficient (Wildman–Crippen LogP) is 2.66. The molecule has 0 aliphatic rings. The maximum atomic E-state index is 12.1. The van der Waals surface area contributed by atoms with Gasteiger partial charge in [-0.3, -0.25) is 4.79 Å². The van der Waals surface area contributed by atoms with Crippen molar-refractivity contribution in [2.24, 2.45) is 5.73 Å². The van der Waals surface area contributed by atoms with Gasteiger partial charge in [0, 0.05) is 6.54 Å². The molecule has 2 rings (SSSR count). The van der Waals surface area contributed by atoms with Gasteiger partial charge in [0.25, 0.3) is 0 Å². The Hall–Kier alpha value is -2.13. The molecule has 3 nitrogen and oxygen atoms in total. The van der Waals surface area contributed by atoms with Crippen molar-refractivity contribution in [1.29, 1.82) is 0 Å². The van der Waals surface area contributed by atoms with E-state index in [2.05, 4.69) is 37.4 Å². The third-order valence-electron chi connectivity index (χ3n) is 3.76. The molecular formula is C18H22N2O. The summed E-state index contributed by atoms with van der Waals surface area (Å²) < 4.78 is 0. The van der Waals surface area contributed by atoms with E-state index in [9.17, 15) is 4.79 Å². The number of carbonyl (C=O) groups is 1. The summed E-state index contributed by atoms with van der Waals surface area (Å²) in [5.41, 5.74) is 10.6. The van der Waals surface area contributed by atoms with Crippen LogP contribution in [0.3, 0.4) is 0 Å². The molecule has 3 heteroatoms. The third kappa shape index (κ3) is 3.92. The first-order chi connectivity index (χ1) is 10.1. The van der Waals surface area contributed by atoms with Crippen LogP contribution in [0.25, 0.3) is 0 Å². The normalized spacial score (nSPS) is 12.0. The first-order valence-electron chi connectivity index (χ1n) is 7.23. The van der Waals surface area contributed by atoms with Crippen molar-refractivity contribution >= 4 is 5.91 Å². The van der Waals surface area contributed by atoms with Gasteiger partial charge in [-0.05, 0) is 42.5 Å². The number of amides is 1. The summed E-state index contributed by atoms with van der Waals surface area (Å²) in [6.45, 7) is 4.80. The lowest BCUT2D eigenvalue weighted by molar-refractivity contribution is -0.122. The van der Waals surface area contributed by atoms with Gasteiger partial charge in [0.15, 0.2) is 0 Å². The molecule has 0 saturated carbocycles. The number of carbonyl (C=O) groups excluding carboxylic acids is 1. The SMILES string of the molecule is Cc1cccc(C)c1CCNC(=O)C(N)c1ccccc1. The Labute approximate surface area is 126 Å². The zero-order chi connectivity index (χ0) is 15.2. The quantitative estimate of drug-likeness (QED) is 0.886. The standard InChI is InChI=1S/C18H22N2O/c1-13-7-6-8-14(2)16(13)11-12-20-18(21)17(19)15-9-4-3-5-10-15/h3-10,17H,11-12,19H2,1-2H3,(H,20,21). The molecule has 110 valence electrons. The summed E-state index contributed by atoms with van der Waals surface area (Å²) in [6, 6.07) is 15.1. The van der Waals surface area contributed by atoms with E-state index in [-0.39, 0.29) is 5.91 Å². The molecule has 0 heterocycles. The van der Waals surface area contributed by atoms with Crippen LogP contribution in [-0.4, -0.2) is 12.5 Å². The first-order valence-corrected chi connectivity index (χ1v) is 7.23. The van der Waals surface area contributed by atoms with Crippen molar-refractivity contribution in [1.82, 2.24) is 5.32 Å². The molecule has 0 aromatic heterocycles. The summed E-state index contributed by atoms with van der Waals surface area (Å²) in [5, 5.41) is 2.92. The number of hydrogen-bond donors (Lipinski definition) is 2. The minimum absolute atomic E-state index is 0.132. The van der Waals surface area contributed by atoms with Crippen LogP contribution in [0.1, 0.15) is 28.3 Å². The van der Waals surface area contributed by atoms with Crippen LogP contribution in [0, 0.1) is 13.8 Å². The Balaban J connectivity index is 1.90. The van der Waals surface area contributed by atoms with E-state index in [0.29, 0.717) is 6.54 Å². The number of hydrogen-bond acceptors (Lipinski definition) is 2. The summed E-state index contributed by atoms with van der Waals surface area (Å²) in [5.74, 6) is -0.132. The molecule has 0 fully saturated rings. The predicted molar refractivity (Wildman–Crippen MR) is 86.0 cm³/mol. The molecule has 2 aromatic rings. The smallest absolute Gasteiger partial charge is 0.241 e. The van der Waals surface area contributed by atoms with Crippen molar-refractivity contribution in [2.75, 3.05) is 6.54 Å². The lowest BCUT2D eigenvalue weighted by Crippen LogP contribution is -2.35.